The number of aromatic hydroxyl groups is 1. The van der Waals surface area contributed by atoms with Gasteiger partial charge in [0.1, 0.15) is 5.75 Å². The van der Waals surface area contributed by atoms with Gasteiger partial charge in [0.2, 0.25) is 0 Å². The number of phenols is 1. The number of fused-ring (bicyclic) bond motifs is 1. The number of hydrogen-bond acceptors (Lipinski definition) is 2. The van der Waals surface area contributed by atoms with Crippen LogP contribution in [0.3, 0.4) is 0 Å². The first-order valence-corrected chi connectivity index (χ1v) is 4.14. The third kappa shape index (κ3) is 1.11. The molecule has 0 amide bonds. The summed E-state index contributed by atoms with van der Waals surface area (Å²) >= 11 is 0. The summed E-state index contributed by atoms with van der Waals surface area (Å²) in [6.45, 7) is 2.61. The highest BCUT2D eigenvalue weighted by Crippen LogP contribution is 2.16. The molecule has 1 aromatic heterocycles. The van der Waals surface area contributed by atoms with Crippen molar-refractivity contribution < 1.29 is 5.11 Å². The lowest BCUT2D eigenvalue weighted by molar-refractivity contribution is 0.475. The maximum atomic E-state index is 11.3. The van der Waals surface area contributed by atoms with Gasteiger partial charge in [-0.1, -0.05) is 0 Å². The largest absolute Gasteiger partial charge is 0.508 e. The van der Waals surface area contributed by atoms with E-state index in [2.05, 4.69) is 5.10 Å². The average molecular weight is 178 g/mol. The highest BCUT2D eigenvalue weighted by molar-refractivity contribution is 5.79. The molecule has 0 spiro atoms. The van der Waals surface area contributed by atoms with E-state index in [0.29, 0.717) is 11.9 Å². The van der Waals surface area contributed by atoms with E-state index in [1.165, 1.54) is 6.07 Å². The molecule has 0 radical (unpaired) electrons. The topological polar surface area (TPSA) is 58.0 Å². The summed E-state index contributed by atoms with van der Waals surface area (Å²) in [5, 5.41) is 12.5. The molecule has 13 heavy (non-hydrogen) atoms. The van der Waals surface area contributed by atoms with Crippen LogP contribution in [-0.2, 0) is 6.54 Å². The molecule has 68 valence electrons. The molecule has 2 rings (SSSR count). The molecule has 0 atom stereocenters. The number of aromatic amines is 1. The van der Waals surface area contributed by atoms with Crippen molar-refractivity contribution in [1.29, 1.82) is 0 Å². The Kier molecular flexibility index (Phi) is 1.62. The van der Waals surface area contributed by atoms with E-state index in [4.69, 9.17) is 0 Å². The normalized spacial score (nSPS) is 10.8. The number of nitrogens with one attached hydrogen (secondary N) is 1. The summed E-state index contributed by atoms with van der Waals surface area (Å²) in [5.41, 5.74) is 0.629. The van der Waals surface area contributed by atoms with E-state index < -0.39 is 0 Å². The maximum absolute atomic E-state index is 11.3. The molecule has 0 bridgehead atoms. The number of rotatable bonds is 1. The summed E-state index contributed by atoms with van der Waals surface area (Å²) in [4.78, 5) is 11.3. The van der Waals surface area contributed by atoms with Crippen molar-refractivity contribution in [3.63, 3.8) is 0 Å². The molecule has 2 aromatic rings. The molecule has 0 aliphatic carbocycles. The van der Waals surface area contributed by atoms with E-state index in [9.17, 15) is 9.90 Å². The second-order valence-corrected chi connectivity index (χ2v) is 2.89. The van der Waals surface area contributed by atoms with E-state index >= 15 is 0 Å². The summed E-state index contributed by atoms with van der Waals surface area (Å²) < 4.78 is 1.71. The average Bonchev–Trinajstić information content (AvgIpc) is 2.42. The van der Waals surface area contributed by atoms with E-state index in [1.54, 1.807) is 16.8 Å². The standard InChI is InChI=1S/C9H10N2O2/c1-2-11-8-5-6(12)3-4-7(8)9(13)10-11/h3-5,12H,2H2,1H3,(H,10,13). The van der Waals surface area contributed by atoms with Crippen molar-refractivity contribution >= 4 is 10.9 Å². The Morgan fingerprint density at radius 2 is 2.31 bits per heavy atom. The molecular formula is C9H10N2O2. The second-order valence-electron chi connectivity index (χ2n) is 2.89. The number of phenolic OH excluding ortho intramolecular Hbond substituents is 1. The van der Waals surface area contributed by atoms with Crippen LogP contribution in [0.25, 0.3) is 10.9 Å². The van der Waals surface area contributed by atoms with E-state index in [0.717, 1.165) is 5.52 Å². The molecule has 1 heterocycles. The van der Waals surface area contributed by atoms with E-state index in [-0.39, 0.29) is 11.3 Å². The van der Waals surface area contributed by atoms with Crippen LogP contribution in [0.4, 0.5) is 0 Å². The Labute approximate surface area is 74.4 Å². The van der Waals surface area contributed by atoms with Gasteiger partial charge in [0.05, 0.1) is 10.9 Å². The Bertz CT molecular complexity index is 496. The van der Waals surface area contributed by atoms with Crippen LogP contribution >= 0.6 is 0 Å². The lowest BCUT2D eigenvalue weighted by Crippen LogP contribution is -2.03. The van der Waals surface area contributed by atoms with Gasteiger partial charge in [-0.25, -0.2) is 0 Å². The summed E-state index contributed by atoms with van der Waals surface area (Å²) in [6.07, 6.45) is 0. The molecular weight excluding hydrogens is 168 g/mol. The molecule has 4 nitrogen and oxygen atoms in total. The van der Waals surface area contributed by atoms with Crippen LogP contribution in [-0.4, -0.2) is 14.9 Å². The van der Waals surface area contributed by atoms with Crippen LogP contribution in [0.2, 0.25) is 0 Å². The molecule has 0 fully saturated rings. The smallest absolute Gasteiger partial charge is 0.271 e. The molecule has 0 saturated heterocycles. The number of nitrogens with zero attached hydrogens (tertiary/aromatic N) is 1. The van der Waals surface area contributed by atoms with Crippen molar-refractivity contribution in [2.24, 2.45) is 0 Å². The SMILES string of the molecule is CCn1[nH]c(=O)c2ccc(O)cc21. The molecule has 4 heteroatoms. The Morgan fingerprint density at radius 1 is 1.54 bits per heavy atom. The van der Waals surface area contributed by atoms with Crippen LogP contribution in [0, 0.1) is 0 Å². The summed E-state index contributed by atoms with van der Waals surface area (Å²) in [6, 6.07) is 4.71. The lowest BCUT2D eigenvalue weighted by Gasteiger charge is -1.98. The Morgan fingerprint density at radius 3 is 3.00 bits per heavy atom. The van der Waals surface area contributed by atoms with Gasteiger partial charge in [-0.05, 0) is 19.1 Å². The quantitative estimate of drug-likeness (QED) is 0.685. The lowest BCUT2D eigenvalue weighted by atomic mass is 10.2. The third-order valence-electron chi connectivity index (χ3n) is 2.07. The van der Waals surface area contributed by atoms with Gasteiger partial charge in [0.25, 0.3) is 5.56 Å². The second kappa shape index (κ2) is 2.65. The van der Waals surface area contributed by atoms with Gasteiger partial charge in [-0.15, -0.1) is 0 Å². The number of aryl methyl sites for hydroxylation is 1. The van der Waals surface area contributed by atoms with Crippen molar-refractivity contribution in [2.75, 3.05) is 0 Å². The molecule has 0 aliphatic heterocycles. The zero-order chi connectivity index (χ0) is 9.42. The van der Waals surface area contributed by atoms with Crippen LogP contribution < -0.4 is 5.56 Å². The fraction of sp³-hybridized carbons (Fsp3) is 0.222. The van der Waals surface area contributed by atoms with Crippen molar-refractivity contribution in [3.8, 4) is 5.75 Å². The Hall–Kier alpha value is -1.71. The highest BCUT2D eigenvalue weighted by atomic mass is 16.3. The maximum Gasteiger partial charge on any atom is 0.271 e. The van der Waals surface area contributed by atoms with Crippen molar-refractivity contribution in [2.45, 2.75) is 13.5 Å². The molecule has 1 aromatic carbocycles. The molecule has 0 saturated carbocycles. The fourth-order valence-electron chi connectivity index (χ4n) is 1.43. The van der Waals surface area contributed by atoms with Gasteiger partial charge in [0, 0.05) is 12.6 Å². The Balaban J connectivity index is 2.89. The molecule has 2 N–H and O–H groups in total. The highest BCUT2D eigenvalue weighted by Gasteiger charge is 2.04. The van der Waals surface area contributed by atoms with Crippen LogP contribution in [0.5, 0.6) is 5.75 Å². The zero-order valence-electron chi connectivity index (χ0n) is 7.24. The monoisotopic (exact) mass is 178 g/mol. The van der Waals surface area contributed by atoms with Gasteiger partial charge < -0.3 is 5.11 Å². The third-order valence-corrected chi connectivity index (χ3v) is 2.07. The first-order valence-electron chi connectivity index (χ1n) is 4.14. The minimum Gasteiger partial charge on any atom is -0.508 e. The van der Waals surface area contributed by atoms with Gasteiger partial charge in [-0.2, -0.15) is 0 Å². The first-order chi connectivity index (χ1) is 6.22. The number of H-pyrrole nitrogens is 1. The van der Waals surface area contributed by atoms with Gasteiger partial charge in [-0.3, -0.25) is 14.6 Å². The number of benzene rings is 1. The van der Waals surface area contributed by atoms with Crippen LogP contribution in [0.1, 0.15) is 6.92 Å². The summed E-state index contributed by atoms with van der Waals surface area (Å²) in [5.74, 6) is 0.175. The minimum absolute atomic E-state index is 0.114. The minimum atomic E-state index is -0.114. The fourth-order valence-corrected chi connectivity index (χ4v) is 1.43. The van der Waals surface area contributed by atoms with Crippen molar-refractivity contribution in [3.05, 3.63) is 28.6 Å². The molecule has 0 aliphatic rings. The van der Waals surface area contributed by atoms with Gasteiger partial charge in [0.15, 0.2) is 0 Å². The molecule has 0 unspecified atom stereocenters. The summed E-state index contributed by atoms with van der Waals surface area (Å²) in [7, 11) is 0. The van der Waals surface area contributed by atoms with Crippen LogP contribution in [0.15, 0.2) is 23.0 Å². The number of aromatic nitrogens is 2. The van der Waals surface area contributed by atoms with E-state index in [1.807, 2.05) is 6.92 Å². The van der Waals surface area contributed by atoms with Crippen molar-refractivity contribution in [1.82, 2.24) is 9.78 Å². The predicted octanol–water partition coefficient (Wildman–Crippen LogP) is 1.06. The predicted molar refractivity (Wildman–Crippen MR) is 49.9 cm³/mol. The first kappa shape index (κ1) is 7.91. The number of hydrogen-bond donors (Lipinski definition) is 2. The van der Waals surface area contributed by atoms with Gasteiger partial charge >= 0.3 is 0 Å². The zero-order valence-corrected chi connectivity index (χ0v) is 7.24.